The minimum absolute atomic E-state index is 0.171. The van der Waals surface area contributed by atoms with Gasteiger partial charge < -0.3 is 5.32 Å². The van der Waals surface area contributed by atoms with Crippen molar-refractivity contribution in [3.05, 3.63) is 82.3 Å². The fraction of sp³-hybridized carbons (Fsp3) is 0.304. The van der Waals surface area contributed by atoms with Crippen LogP contribution in [-0.4, -0.2) is 43.2 Å². The fourth-order valence-corrected chi connectivity index (χ4v) is 5.99. The van der Waals surface area contributed by atoms with Gasteiger partial charge in [-0.1, -0.05) is 48.5 Å². The molecule has 1 saturated heterocycles. The predicted molar refractivity (Wildman–Crippen MR) is 122 cm³/mol. The van der Waals surface area contributed by atoms with Crippen molar-refractivity contribution in [1.29, 1.82) is 0 Å². The molecule has 8 heteroatoms. The first-order valence-electron chi connectivity index (χ1n) is 10.3. The number of nitrogens with zero attached hydrogens (tertiary/aromatic N) is 2. The number of carbonyl (C=O) groups is 1. The van der Waals surface area contributed by atoms with Crippen LogP contribution in [0.25, 0.3) is 0 Å². The minimum atomic E-state index is -3.45. The second kappa shape index (κ2) is 9.72. The van der Waals surface area contributed by atoms with E-state index in [1.807, 2.05) is 30.3 Å². The SMILES string of the molecule is O=C(NCC1CCN(S(=O)(=O)c2ccccc2)CC1)c1csc(Cc2ccccc2)n1. The van der Waals surface area contributed by atoms with Gasteiger partial charge in [-0.05, 0) is 36.5 Å². The third kappa shape index (κ3) is 5.39. The lowest BCUT2D eigenvalue weighted by atomic mass is 9.98. The average Bonchev–Trinajstić information content (AvgIpc) is 3.27. The predicted octanol–water partition coefficient (Wildman–Crippen LogP) is 3.56. The molecule has 1 aliphatic rings. The van der Waals surface area contributed by atoms with Gasteiger partial charge in [0.25, 0.3) is 5.91 Å². The molecule has 0 spiro atoms. The molecule has 31 heavy (non-hydrogen) atoms. The van der Waals surface area contributed by atoms with Crippen molar-refractivity contribution in [3.8, 4) is 0 Å². The lowest BCUT2D eigenvalue weighted by Gasteiger charge is -2.31. The highest BCUT2D eigenvalue weighted by Crippen LogP contribution is 2.23. The number of rotatable bonds is 7. The summed E-state index contributed by atoms with van der Waals surface area (Å²) in [7, 11) is -3.45. The number of carbonyl (C=O) groups excluding carboxylic acids is 1. The van der Waals surface area contributed by atoms with Gasteiger partial charge in [0.15, 0.2) is 0 Å². The van der Waals surface area contributed by atoms with Crippen molar-refractivity contribution in [3.63, 3.8) is 0 Å². The molecular formula is C23H25N3O3S2. The molecule has 1 amide bonds. The topological polar surface area (TPSA) is 79.4 Å². The van der Waals surface area contributed by atoms with Gasteiger partial charge in [0.1, 0.15) is 5.69 Å². The Hall–Kier alpha value is -2.55. The van der Waals surface area contributed by atoms with E-state index in [1.54, 1.807) is 35.7 Å². The van der Waals surface area contributed by atoms with E-state index in [0.717, 1.165) is 17.8 Å². The number of benzene rings is 2. The molecular weight excluding hydrogens is 430 g/mol. The zero-order valence-corrected chi connectivity index (χ0v) is 18.7. The van der Waals surface area contributed by atoms with E-state index in [-0.39, 0.29) is 11.8 Å². The van der Waals surface area contributed by atoms with Crippen LogP contribution in [0.5, 0.6) is 0 Å². The van der Waals surface area contributed by atoms with Crippen LogP contribution in [-0.2, 0) is 16.4 Å². The van der Waals surface area contributed by atoms with Crippen LogP contribution >= 0.6 is 11.3 Å². The number of hydrogen-bond donors (Lipinski definition) is 1. The molecule has 3 aromatic rings. The Morgan fingerprint density at radius 2 is 1.68 bits per heavy atom. The van der Waals surface area contributed by atoms with Gasteiger partial charge in [-0.3, -0.25) is 4.79 Å². The van der Waals surface area contributed by atoms with Crippen molar-refractivity contribution in [2.45, 2.75) is 24.2 Å². The van der Waals surface area contributed by atoms with Crippen LogP contribution < -0.4 is 5.32 Å². The Morgan fingerprint density at radius 1 is 1.03 bits per heavy atom. The monoisotopic (exact) mass is 455 g/mol. The second-order valence-corrected chi connectivity index (χ2v) is 10.5. The highest BCUT2D eigenvalue weighted by molar-refractivity contribution is 7.89. The van der Waals surface area contributed by atoms with Crippen molar-refractivity contribution in [2.75, 3.05) is 19.6 Å². The molecule has 0 unspecified atom stereocenters. The Labute approximate surface area is 187 Å². The molecule has 1 fully saturated rings. The normalized spacial score (nSPS) is 15.6. The average molecular weight is 456 g/mol. The summed E-state index contributed by atoms with van der Waals surface area (Å²) in [4.78, 5) is 17.3. The maximum atomic E-state index is 12.7. The standard InChI is InChI=1S/C23H25N3O3S2/c27-23(21-17-30-22(25-21)15-18-7-3-1-4-8-18)24-16-19-11-13-26(14-12-19)31(28,29)20-9-5-2-6-10-20/h1-10,17,19H,11-16H2,(H,24,27). The van der Waals surface area contributed by atoms with Crippen LogP contribution in [0.1, 0.15) is 33.9 Å². The molecule has 6 nitrogen and oxygen atoms in total. The van der Waals surface area contributed by atoms with Gasteiger partial charge >= 0.3 is 0 Å². The van der Waals surface area contributed by atoms with E-state index >= 15 is 0 Å². The molecule has 0 atom stereocenters. The molecule has 1 aliphatic heterocycles. The number of sulfonamides is 1. The maximum absolute atomic E-state index is 12.7. The highest BCUT2D eigenvalue weighted by atomic mass is 32.2. The van der Waals surface area contributed by atoms with Crippen molar-refractivity contribution in [2.24, 2.45) is 5.92 Å². The zero-order valence-electron chi connectivity index (χ0n) is 17.1. The summed E-state index contributed by atoms with van der Waals surface area (Å²) in [6.07, 6.45) is 2.17. The Bertz CT molecular complexity index is 1110. The smallest absolute Gasteiger partial charge is 0.270 e. The molecule has 2 aromatic carbocycles. The lowest BCUT2D eigenvalue weighted by molar-refractivity contribution is 0.0937. The quantitative estimate of drug-likeness (QED) is 0.591. The Balaban J connectivity index is 1.26. The molecule has 0 bridgehead atoms. The number of amides is 1. The summed E-state index contributed by atoms with van der Waals surface area (Å²) in [5, 5.41) is 5.68. The first kappa shape index (κ1) is 21.7. The molecule has 0 radical (unpaired) electrons. The summed E-state index contributed by atoms with van der Waals surface area (Å²) in [6, 6.07) is 18.6. The lowest BCUT2D eigenvalue weighted by Crippen LogP contribution is -2.41. The molecule has 2 heterocycles. The van der Waals surface area contributed by atoms with E-state index in [9.17, 15) is 13.2 Å². The van der Waals surface area contributed by atoms with E-state index in [2.05, 4.69) is 10.3 Å². The molecule has 0 aliphatic carbocycles. The zero-order chi connectivity index (χ0) is 21.7. The summed E-state index contributed by atoms with van der Waals surface area (Å²) in [5.41, 5.74) is 1.61. The Kier molecular flexibility index (Phi) is 6.80. The summed E-state index contributed by atoms with van der Waals surface area (Å²) in [6.45, 7) is 1.47. The third-order valence-electron chi connectivity index (χ3n) is 5.49. The largest absolute Gasteiger partial charge is 0.350 e. The molecule has 0 saturated carbocycles. The van der Waals surface area contributed by atoms with E-state index in [0.29, 0.717) is 36.6 Å². The number of thiazole rings is 1. The van der Waals surface area contributed by atoms with Crippen molar-refractivity contribution < 1.29 is 13.2 Å². The summed E-state index contributed by atoms with van der Waals surface area (Å²) in [5.74, 6) is 0.0866. The number of piperidine rings is 1. The molecule has 162 valence electrons. The van der Waals surface area contributed by atoms with Crippen molar-refractivity contribution >= 4 is 27.3 Å². The van der Waals surface area contributed by atoms with Gasteiger partial charge in [0.05, 0.1) is 9.90 Å². The van der Waals surface area contributed by atoms with Gasteiger partial charge in [-0.2, -0.15) is 4.31 Å². The third-order valence-corrected chi connectivity index (χ3v) is 8.25. The summed E-state index contributed by atoms with van der Waals surface area (Å²) >= 11 is 1.49. The van der Waals surface area contributed by atoms with Crippen LogP contribution in [0.15, 0.2) is 70.9 Å². The Morgan fingerprint density at radius 3 is 2.35 bits per heavy atom. The van der Waals surface area contributed by atoms with E-state index in [4.69, 9.17) is 0 Å². The van der Waals surface area contributed by atoms with Gasteiger partial charge in [-0.25, -0.2) is 13.4 Å². The van der Waals surface area contributed by atoms with Crippen molar-refractivity contribution in [1.82, 2.24) is 14.6 Å². The van der Waals surface area contributed by atoms with E-state index < -0.39 is 10.0 Å². The number of nitrogens with one attached hydrogen (secondary N) is 1. The number of hydrogen-bond acceptors (Lipinski definition) is 5. The van der Waals surface area contributed by atoms with Crippen LogP contribution in [0.3, 0.4) is 0 Å². The minimum Gasteiger partial charge on any atom is -0.350 e. The fourth-order valence-electron chi connectivity index (χ4n) is 3.69. The van der Waals surface area contributed by atoms with E-state index in [1.165, 1.54) is 21.2 Å². The summed E-state index contributed by atoms with van der Waals surface area (Å²) < 4.78 is 27.0. The first-order chi connectivity index (χ1) is 15.0. The maximum Gasteiger partial charge on any atom is 0.270 e. The second-order valence-electron chi connectivity index (χ2n) is 7.66. The van der Waals surface area contributed by atoms with Crippen LogP contribution in [0.2, 0.25) is 0 Å². The van der Waals surface area contributed by atoms with Gasteiger partial charge in [0.2, 0.25) is 10.0 Å². The number of aromatic nitrogens is 1. The van der Waals surface area contributed by atoms with Crippen LogP contribution in [0.4, 0.5) is 0 Å². The van der Waals surface area contributed by atoms with Crippen LogP contribution in [0, 0.1) is 5.92 Å². The van der Waals surface area contributed by atoms with Gasteiger partial charge in [0, 0.05) is 31.4 Å². The molecule has 1 aromatic heterocycles. The highest BCUT2D eigenvalue weighted by Gasteiger charge is 2.29. The molecule has 4 rings (SSSR count). The molecule has 1 N–H and O–H groups in total. The van der Waals surface area contributed by atoms with Gasteiger partial charge in [-0.15, -0.1) is 11.3 Å². The first-order valence-corrected chi connectivity index (χ1v) is 12.7.